The highest BCUT2D eigenvalue weighted by atomic mass is 32.2. The molecular weight excluding hydrogens is 352 g/mol. The van der Waals surface area contributed by atoms with Crippen LogP contribution in [0.2, 0.25) is 0 Å². The van der Waals surface area contributed by atoms with Gasteiger partial charge in [-0.25, -0.2) is 0 Å². The molecular formula is C19H26N2O4S. The SMILES string of the molecule is CC(C)Sc1ccc(CC(=O)NCCOCCN2C(=O)CCC2=O)cc1. The van der Waals surface area contributed by atoms with Crippen LogP contribution < -0.4 is 5.32 Å². The molecule has 0 aliphatic carbocycles. The molecule has 1 saturated heterocycles. The van der Waals surface area contributed by atoms with Gasteiger partial charge in [0.25, 0.3) is 0 Å². The van der Waals surface area contributed by atoms with E-state index in [0.717, 1.165) is 5.56 Å². The number of amides is 3. The predicted octanol–water partition coefficient (Wildman–Crippen LogP) is 2.01. The highest BCUT2D eigenvalue weighted by Gasteiger charge is 2.28. The summed E-state index contributed by atoms with van der Waals surface area (Å²) in [6, 6.07) is 8.03. The van der Waals surface area contributed by atoms with Crippen molar-refractivity contribution in [3.05, 3.63) is 29.8 Å². The summed E-state index contributed by atoms with van der Waals surface area (Å²) < 4.78 is 5.38. The van der Waals surface area contributed by atoms with Gasteiger partial charge < -0.3 is 10.1 Å². The van der Waals surface area contributed by atoms with Gasteiger partial charge in [-0.2, -0.15) is 0 Å². The molecule has 3 amide bonds. The van der Waals surface area contributed by atoms with E-state index in [2.05, 4.69) is 19.2 Å². The molecule has 1 N–H and O–H groups in total. The molecule has 1 aliphatic heterocycles. The van der Waals surface area contributed by atoms with E-state index in [1.807, 2.05) is 24.3 Å². The highest BCUT2D eigenvalue weighted by molar-refractivity contribution is 7.99. The van der Waals surface area contributed by atoms with Crippen LogP contribution in [-0.2, 0) is 25.5 Å². The summed E-state index contributed by atoms with van der Waals surface area (Å²) in [5, 5.41) is 3.34. The molecule has 7 heteroatoms. The van der Waals surface area contributed by atoms with Crippen LogP contribution in [0.4, 0.5) is 0 Å². The van der Waals surface area contributed by atoms with Gasteiger partial charge in [0.05, 0.1) is 26.2 Å². The molecule has 0 atom stereocenters. The molecule has 1 aliphatic rings. The number of rotatable bonds is 10. The Morgan fingerprint density at radius 2 is 1.81 bits per heavy atom. The number of nitrogens with one attached hydrogen (secondary N) is 1. The fraction of sp³-hybridized carbons (Fsp3) is 0.526. The highest BCUT2D eigenvalue weighted by Crippen LogP contribution is 2.22. The molecule has 1 heterocycles. The Morgan fingerprint density at radius 3 is 2.42 bits per heavy atom. The van der Waals surface area contributed by atoms with Gasteiger partial charge in [-0.15, -0.1) is 11.8 Å². The lowest BCUT2D eigenvalue weighted by Gasteiger charge is -2.13. The largest absolute Gasteiger partial charge is 0.378 e. The van der Waals surface area contributed by atoms with Crippen LogP contribution in [0.15, 0.2) is 29.2 Å². The van der Waals surface area contributed by atoms with Crippen molar-refractivity contribution in [2.45, 2.75) is 43.3 Å². The number of carbonyl (C=O) groups excluding carboxylic acids is 3. The molecule has 142 valence electrons. The topological polar surface area (TPSA) is 75.7 Å². The standard InChI is InChI=1S/C19H26N2O4S/c1-14(2)26-16-5-3-15(4-6-16)13-17(22)20-9-11-25-12-10-21-18(23)7-8-19(21)24/h3-6,14H,7-13H2,1-2H3,(H,20,22). The molecule has 0 radical (unpaired) electrons. The van der Waals surface area contributed by atoms with Crippen LogP contribution in [0.3, 0.4) is 0 Å². The first-order valence-electron chi connectivity index (χ1n) is 8.89. The monoisotopic (exact) mass is 378 g/mol. The number of hydrogen-bond acceptors (Lipinski definition) is 5. The maximum Gasteiger partial charge on any atom is 0.229 e. The van der Waals surface area contributed by atoms with Crippen LogP contribution in [0, 0.1) is 0 Å². The molecule has 26 heavy (non-hydrogen) atoms. The second-order valence-corrected chi connectivity index (χ2v) is 8.04. The average Bonchev–Trinajstić information content (AvgIpc) is 2.91. The minimum absolute atomic E-state index is 0.0530. The van der Waals surface area contributed by atoms with Crippen molar-refractivity contribution < 1.29 is 19.1 Å². The first kappa shape index (κ1) is 20.5. The number of thioether (sulfide) groups is 1. The molecule has 0 bridgehead atoms. The van der Waals surface area contributed by atoms with E-state index in [4.69, 9.17) is 4.74 Å². The first-order valence-corrected chi connectivity index (χ1v) is 9.77. The van der Waals surface area contributed by atoms with E-state index in [9.17, 15) is 14.4 Å². The lowest BCUT2D eigenvalue weighted by atomic mass is 10.1. The third-order valence-electron chi connectivity index (χ3n) is 3.84. The van der Waals surface area contributed by atoms with Gasteiger partial charge >= 0.3 is 0 Å². The zero-order valence-corrected chi connectivity index (χ0v) is 16.1. The number of nitrogens with zero attached hydrogens (tertiary/aromatic N) is 1. The number of likely N-dealkylation sites (tertiary alicyclic amines) is 1. The molecule has 0 unspecified atom stereocenters. The second-order valence-electron chi connectivity index (χ2n) is 6.39. The van der Waals surface area contributed by atoms with Gasteiger partial charge in [0.2, 0.25) is 17.7 Å². The average molecular weight is 378 g/mol. The quantitative estimate of drug-likeness (QED) is 0.383. The Hall–Kier alpha value is -1.86. The van der Waals surface area contributed by atoms with E-state index < -0.39 is 0 Å². The second kappa shape index (κ2) is 10.3. The van der Waals surface area contributed by atoms with Crippen molar-refractivity contribution >= 4 is 29.5 Å². The summed E-state index contributed by atoms with van der Waals surface area (Å²) in [4.78, 5) is 37.2. The van der Waals surface area contributed by atoms with Crippen LogP contribution in [-0.4, -0.2) is 54.2 Å². The Bertz CT molecular complexity index is 615. The lowest BCUT2D eigenvalue weighted by molar-refractivity contribution is -0.139. The maximum atomic E-state index is 11.9. The molecule has 2 rings (SSSR count). The summed E-state index contributed by atoms with van der Waals surface area (Å²) >= 11 is 1.79. The summed E-state index contributed by atoms with van der Waals surface area (Å²) in [5.41, 5.74) is 0.975. The van der Waals surface area contributed by atoms with Crippen molar-refractivity contribution in [2.75, 3.05) is 26.3 Å². The van der Waals surface area contributed by atoms with Gasteiger partial charge in [-0.05, 0) is 17.7 Å². The predicted molar refractivity (Wildman–Crippen MR) is 101 cm³/mol. The van der Waals surface area contributed by atoms with Gasteiger partial charge in [0.1, 0.15) is 0 Å². The number of carbonyl (C=O) groups is 3. The van der Waals surface area contributed by atoms with Crippen molar-refractivity contribution in [3.8, 4) is 0 Å². The van der Waals surface area contributed by atoms with Crippen LogP contribution in [0.1, 0.15) is 32.3 Å². The van der Waals surface area contributed by atoms with Gasteiger partial charge in [-0.3, -0.25) is 19.3 Å². The third kappa shape index (κ3) is 6.80. The van der Waals surface area contributed by atoms with Crippen LogP contribution in [0.25, 0.3) is 0 Å². The zero-order chi connectivity index (χ0) is 18.9. The summed E-state index contributed by atoms with van der Waals surface area (Å²) in [5.74, 6) is -0.322. The molecule has 1 aromatic rings. The minimum atomic E-state index is -0.135. The Balaban J connectivity index is 1.57. The van der Waals surface area contributed by atoms with Gasteiger partial charge in [-0.1, -0.05) is 26.0 Å². The van der Waals surface area contributed by atoms with E-state index in [-0.39, 0.29) is 24.3 Å². The fourth-order valence-electron chi connectivity index (χ4n) is 2.60. The fourth-order valence-corrected chi connectivity index (χ4v) is 3.44. The van der Waals surface area contributed by atoms with Crippen LogP contribution in [0.5, 0.6) is 0 Å². The normalized spacial score (nSPS) is 14.3. The molecule has 0 spiro atoms. The zero-order valence-electron chi connectivity index (χ0n) is 15.3. The number of ether oxygens (including phenoxy) is 1. The molecule has 0 aromatic heterocycles. The molecule has 0 saturated carbocycles. The summed E-state index contributed by atoms with van der Waals surface area (Å²) in [7, 11) is 0. The van der Waals surface area contributed by atoms with E-state index >= 15 is 0 Å². The van der Waals surface area contributed by atoms with E-state index in [1.54, 1.807) is 11.8 Å². The van der Waals surface area contributed by atoms with E-state index in [1.165, 1.54) is 9.80 Å². The number of hydrogen-bond donors (Lipinski definition) is 1. The third-order valence-corrected chi connectivity index (χ3v) is 4.86. The van der Waals surface area contributed by atoms with Crippen molar-refractivity contribution in [1.82, 2.24) is 10.2 Å². The Labute approximate surface area is 158 Å². The number of imide groups is 1. The number of benzene rings is 1. The first-order chi connectivity index (χ1) is 12.5. The van der Waals surface area contributed by atoms with Crippen molar-refractivity contribution in [3.63, 3.8) is 0 Å². The smallest absolute Gasteiger partial charge is 0.229 e. The summed E-state index contributed by atoms with van der Waals surface area (Å²) in [6.07, 6.45) is 0.932. The molecule has 1 aromatic carbocycles. The molecule has 1 fully saturated rings. The lowest BCUT2D eigenvalue weighted by Crippen LogP contribution is -2.33. The Morgan fingerprint density at radius 1 is 1.15 bits per heavy atom. The Kier molecular flexibility index (Phi) is 8.12. The van der Waals surface area contributed by atoms with Crippen LogP contribution >= 0.6 is 11.8 Å². The van der Waals surface area contributed by atoms with Crippen molar-refractivity contribution in [2.24, 2.45) is 0 Å². The minimum Gasteiger partial charge on any atom is -0.378 e. The summed E-state index contributed by atoms with van der Waals surface area (Å²) in [6.45, 7) is 5.63. The van der Waals surface area contributed by atoms with Gasteiger partial charge in [0, 0.05) is 29.5 Å². The van der Waals surface area contributed by atoms with Crippen molar-refractivity contribution in [1.29, 1.82) is 0 Å². The maximum absolute atomic E-state index is 11.9. The van der Waals surface area contributed by atoms with E-state index in [0.29, 0.717) is 44.3 Å². The molecule has 6 nitrogen and oxygen atoms in total. The van der Waals surface area contributed by atoms with Gasteiger partial charge in [0.15, 0.2) is 0 Å².